The SMILES string of the molecule is CCCCCCCCCCCCCCCCCCCC(=O)[C@@H](NC(=O)OCc1ccccc1)C(C)CC. The third-order valence-corrected chi connectivity index (χ3v) is 7.57. The molecule has 4 heteroatoms. The first kappa shape index (κ1) is 33.2. The van der Waals surface area contributed by atoms with Gasteiger partial charge in [0.15, 0.2) is 5.78 Å². The Morgan fingerprint density at radius 2 is 1.16 bits per heavy atom. The molecule has 1 aromatic carbocycles. The normalized spacial score (nSPS) is 12.7. The number of ketones is 1. The van der Waals surface area contributed by atoms with E-state index in [4.69, 9.17) is 4.74 Å². The van der Waals surface area contributed by atoms with Gasteiger partial charge in [-0.15, -0.1) is 0 Å². The van der Waals surface area contributed by atoms with Crippen LogP contribution in [-0.4, -0.2) is 17.9 Å². The van der Waals surface area contributed by atoms with E-state index in [-0.39, 0.29) is 18.3 Å². The molecule has 0 aliphatic rings. The van der Waals surface area contributed by atoms with Gasteiger partial charge in [-0.25, -0.2) is 4.79 Å². The van der Waals surface area contributed by atoms with Crippen LogP contribution in [0.2, 0.25) is 0 Å². The standard InChI is InChI=1S/C33H57NO3/c1-4-6-7-8-9-10-11-12-13-14-15-16-17-18-19-20-24-27-31(35)32(29(3)5-2)34-33(36)37-28-30-25-22-21-23-26-30/h21-23,25-26,29,32H,4-20,24,27-28H2,1-3H3,(H,34,36)/t29?,32-/m0/s1. The summed E-state index contributed by atoms with van der Waals surface area (Å²) in [4.78, 5) is 25.1. The van der Waals surface area contributed by atoms with Crippen molar-refractivity contribution in [3.8, 4) is 0 Å². The Bertz CT molecular complexity index is 675. The molecule has 0 saturated carbocycles. The van der Waals surface area contributed by atoms with Crippen LogP contribution in [0.1, 0.15) is 148 Å². The molecular formula is C33H57NO3. The summed E-state index contributed by atoms with van der Waals surface area (Å²) in [5.74, 6) is 0.231. The van der Waals surface area contributed by atoms with Gasteiger partial charge in [-0.2, -0.15) is 0 Å². The first-order valence-corrected chi connectivity index (χ1v) is 15.6. The first-order valence-electron chi connectivity index (χ1n) is 15.6. The van der Waals surface area contributed by atoms with Crippen LogP contribution in [0.25, 0.3) is 0 Å². The number of amides is 1. The number of nitrogens with one attached hydrogen (secondary N) is 1. The lowest BCUT2D eigenvalue weighted by molar-refractivity contribution is -0.122. The van der Waals surface area contributed by atoms with Crippen LogP contribution in [0.3, 0.4) is 0 Å². The van der Waals surface area contributed by atoms with Crippen molar-refractivity contribution in [2.75, 3.05) is 0 Å². The van der Waals surface area contributed by atoms with Crippen LogP contribution in [0.15, 0.2) is 30.3 Å². The molecule has 1 rings (SSSR count). The predicted molar refractivity (Wildman–Crippen MR) is 157 cm³/mol. The summed E-state index contributed by atoms with van der Waals surface area (Å²) in [6.07, 6.45) is 23.5. The topological polar surface area (TPSA) is 55.4 Å². The molecule has 37 heavy (non-hydrogen) atoms. The molecule has 0 aliphatic heterocycles. The van der Waals surface area contributed by atoms with E-state index in [1.165, 1.54) is 96.3 Å². The van der Waals surface area contributed by atoms with Crippen LogP contribution >= 0.6 is 0 Å². The van der Waals surface area contributed by atoms with Gasteiger partial charge < -0.3 is 10.1 Å². The van der Waals surface area contributed by atoms with Gasteiger partial charge in [0.2, 0.25) is 0 Å². The zero-order chi connectivity index (χ0) is 27.0. The molecule has 1 N–H and O–H groups in total. The number of Topliss-reactive ketones (excluding diaryl/α,β-unsaturated/α-hetero) is 1. The Hall–Kier alpha value is -1.84. The number of rotatable bonds is 24. The lowest BCUT2D eigenvalue weighted by Gasteiger charge is -2.23. The van der Waals surface area contributed by atoms with Crippen molar-refractivity contribution in [3.63, 3.8) is 0 Å². The molecule has 0 bridgehead atoms. The monoisotopic (exact) mass is 515 g/mol. The van der Waals surface area contributed by atoms with Crippen LogP contribution in [-0.2, 0) is 16.1 Å². The zero-order valence-electron chi connectivity index (χ0n) is 24.4. The van der Waals surface area contributed by atoms with Gasteiger partial charge in [-0.05, 0) is 17.9 Å². The van der Waals surface area contributed by atoms with Gasteiger partial charge in [0, 0.05) is 6.42 Å². The highest BCUT2D eigenvalue weighted by Gasteiger charge is 2.25. The molecule has 1 aromatic rings. The minimum Gasteiger partial charge on any atom is -0.445 e. The van der Waals surface area contributed by atoms with Crippen molar-refractivity contribution in [1.82, 2.24) is 5.32 Å². The Balaban J connectivity index is 2.04. The molecule has 0 aliphatic carbocycles. The van der Waals surface area contributed by atoms with Gasteiger partial charge in [-0.1, -0.05) is 160 Å². The van der Waals surface area contributed by atoms with Crippen molar-refractivity contribution in [1.29, 1.82) is 0 Å². The molecule has 1 unspecified atom stereocenters. The van der Waals surface area contributed by atoms with Crippen molar-refractivity contribution in [2.24, 2.45) is 5.92 Å². The van der Waals surface area contributed by atoms with E-state index in [0.29, 0.717) is 6.42 Å². The molecular weight excluding hydrogens is 458 g/mol. The fourth-order valence-corrected chi connectivity index (χ4v) is 4.85. The van der Waals surface area contributed by atoms with Crippen molar-refractivity contribution in [3.05, 3.63) is 35.9 Å². The smallest absolute Gasteiger partial charge is 0.408 e. The van der Waals surface area contributed by atoms with Crippen LogP contribution in [0, 0.1) is 5.92 Å². The minimum atomic E-state index is -0.509. The summed E-state index contributed by atoms with van der Waals surface area (Å²) < 4.78 is 5.34. The van der Waals surface area contributed by atoms with Crippen LogP contribution < -0.4 is 5.32 Å². The predicted octanol–water partition coefficient (Wildman–Crippen LogP) is 9.94. The molecule has 0 radical (unpaired) electrons. The summed E-state index contributed by atoms with van der Waals surface area (Å²) in [6, 6.07) is 9.14. The molecule has 1 amide bonds. The second-order valence-electron chi connectivity index (χ2n) is 10.9. The molecule has 4 nitrogen and oxygen atoms in total. The number of unbranched alkanes of at least 4 members (excludes halogenated alkanes) is 16. The summed E-state index contributed by atoms with van der Waals surface area (Å²) in [6.45, 7) is 6.57. The molecule has 212 valence electrons. The number of alkyl carbamates (subject to hydrolysis) is 1. The molecule has 2 atom stereocenters. The Labute approximate surface area is 228 Å². The average Bonchev–Trinajstić information content (AvgIpc) is 2.92. The van der Waals surface area contributed by atoms with Gasteiger partial charge in [0.25, 0.3) is 0 Å². The van der Waals surface area contributed by atoms with Gasteiger partial charge in [0.1, 0.15) is 6.61 Å². The van der Waals surface area contributed by atoms with Crippen LogP contribution in [0.5, 0.6) is 0 Å². The Morgan fingerprint density at radius 1 is 0.703 bits per heavy atom. The van der Waals surface area contributed by atoms with E-state index in [9.17, 15) is 9.59 Å². The van der Waals surface area contributed by atoms with Crippen LogP contribution in [0.4, 0.5) is 4.79 Å². The maximum Gasteiger partial charge on any atom is 0.408 e. The summed E-state index contributed by atoms with van der Waals surface area (Å²) in [5.41, 5.74) is 0.938. The highest BCUT2D eigenvalue weighted by atomic mass is 16.5. The minimum absolute atomic E-state index is 0.0996. The number of carbonyl (C=O) groups is 2. The zero-order valence-corrected chi connectivity index (χ0v) is 24.4. The fourth-order valence-electron chi connectivity index (χ4n) is 4.85. The second kappa shape index (κ2) is 23.3. The molecule has 0 spiro atoms. The number of carbonyl (C=O) groups excluding carboxylic acids is 2. The lowest BCUT2D eigenvalue weighted by atomic mass is 9.92. The Morgan fingerprint density at radius 3 is 1.62 bits per heavy atom. The molecule has 0 aromatic heterocycles. The molecule has 0 fully saturated rings. The van der Waals surface area contributed by atoms with Crippen molar-refractivity contribution >= 4 is 11.9 Å². The van der Waals surface area contributed by atoms with Gasteiger partial charge in [-0.3, -0.25) is 4.79 Å². The lowest BCUT2D eigenvalue weighted by Crippen LogP contribution is -2.45. The summed E-state index contributed by atoms with van der Waals surface area (Å²) in [7, 11) is 0. The maximum absolute atomic E-state index is 12.8. The van der Waals surface area contributed by atoms with E-state index >= 15 is 0 Å². The van der Waals surface area contributed by atoms with Crippen molar-refractivity contribution < 1.29 is 14.3 Å². The highest BCUT2D eigenvalue weighted by molar-refractivity contribution is 5.87. The second-order valence-corrected chi connectivity index (χ2v) is 10.9. The average molecular weight is 516 g/mol. The maximum atomic E-state index is 12.8. The van der Waals surface area contributed by atoms with Crippen molar-refractivity contribution in [2.45, 2.75) is 155 Å². The van der Waals surface area contributed by atoms with Gasteiger partial charge >= 0.3 is 6.09 Å². The number of hydrogen-bond donors (Lipinski definition) is 1. The van der Waals surface area contributed by atoms with E-state index in [0.717, 1.165) is 24.8 Å². The Kier molecular flexibility index (Phi) is 20.9. The number of benzene rings is 1. The number of hydrogen-bond acceptors (Lipinski definition) is 3. The number of ether oxygens (including phenoxy) is 1. The summed E-state index contributed by atoms with van der Waals surface area (Å²) >= 11 is 0. The largest absolute Gasteiger partial charge is 0.445 e. The molecule has 0 heterocycles. The van der Waals surface area contributed by atoms with E-state index in [1.54, 1.807) is 0 Å². The summed E-state index contributed by atoms with van der Waals surface area (Å²) in [5, 5.41) is 2.83. The third-order valence-electron chi connectivity index (χ3n) is 7.57. The molecule has 0 saturated heterocycles. The highest BCUT2D eigenvalue weighted by Crippen LogP contribution is 2.16. The van der Waals surface area contributed by atoms with E-state index in [2.05, 4.69) is 19.2 Å². The third kappa shape index (κ3) is 18.1. The first-order chi connectivity index (χ1) is 18.1. The van der Waals surface area contributed by atoms with Gasteiger partial charge in [0.05, 0.1) is 6.04 Å². The van der Waals surface area contributed by atoms with E-state index in [1.807, 2.05) is 37.3 Å². The quantitative estimate of drug-likeness (QED) is 0.139. The fraction of sp³-hybridized carbons (Fsp3) is 0.758. The van der Waals surface area contributed by atoms with E-state index < -0.39 is 12.1 Å².